The molecule has 168 valence electrons. The molecule has 0 aliphatic rings. The number of fused-ring (bicyclic) bond motifs is 1. The number of carbonyl (C=O) groups is 2. The highest BCUT2D eigenvalue weighted by molar-refractivity contribution is 6.32. The Morgan fingerprint density at radius 3 is 2.34 bits per heavy atom. The lowest BCUT2D eigenvalue weighted by Crippen LogP contribution is -2.43. The largest absolute Gasteiger partial charge is 0.495 e. The molecular formula is C22H22ClN3O6. The average Bonchev–Trinajstić information content (AvgIpc) is 2.79. The number of benzene rings is 2. The summed E-state index contributed by atoms with van der Waals surface area (Å²) in [7, 11) is 2.88. The van der Waals surface area contributed by atoms with Gasteiger partial charge in [-0.15, -0.1) is 0 Å². The van der Waals surface area contributed by atoms with Gasteiger partial charge in [-0.1, -0.05) is 30.7 Å². The third-order valence-electron chi connectivity index (χ3n) is 4.91. The molecule has 1 N–H and O–H groups in total. The molecule has 0 unspecified atom stereocenters. The van der Waals surface area contributed by atoms with E-state index in [9.17, 15) is 19.2 Å². The first kappa shape index (κ1) is 23.1. The summed E-state index contributed by atoms with van der Waals surface area (Å²) in [5.41, 5.74) is -0.745. The zero-order chi connectivity index (χ0) is 23.4. The maximum atomic E-state index is 13.0. The number of methoxy groups -OCH3 is 2. The summed E-state index contributed by atoms with van der Waals surface area (Å²) in [4.78, 5) is 50.6. The van der Waals surface area contributed by atoms with Gasteiger partial charge in [0.15, 0.2) is 5.78 Å². The van der Waals surface area contributed by atoms with E-state index in [0.717, 1.165) is 9.13 Å². The Morgan fingerprint density at radius 1 is 1.00 bits per heavy atom. The van der Waals surface area contributed by atoms with Crippen molar-refractivity contribution in [1.82, 2.24) is 9.13 Å². The maximum absolute atomic E-state index is 13.0. The number of ether oxygens (including phenoxy) is 2. The first-order valence-corrected chi connectivity index (χ1v) is 10.1. The standard InChI is InChI=1S/C22H22ClN3O6/c1-4-13(27)11-26-21(29)14-7-5-6-8-17(14)25(22(26)30)12-20(28)24-16-9-15(23)18(31-2)10-19(16)32-3/h5-10H,4,11-12H2,1-3H3,(H,24,28). The summed E-state index contributed by atoms with van der Waals surface area (Å²) in [5, 5.41) is 3.15. The fraction of sp³-hybridized carbons (Fsp3) is 0.273. The number of anilines is 1. The molecule has 1 aromatic heterocycles. The first-order chi connectivity index (χ1) is 15.3. The van der Waals surface area contributed by atoms with E-state index in [1.54, 1.807) is 31.2 Å². The number of hydrogen-bond donors (Lipinski definition) is 1. The Hall–Kier alpha value is -3.59. The Bertz CT molecular complexity index is 1310. The van der Waals surface area contributed by atoms with Gasteiger partial charge in [0.05, 0.1) is 42.4 Å². The van der Waals surface area contributed by atoms with Crippen molar-refractivity contribution in [3.05, 3.63) is 62.3 Å². The molecule has 0 aliphatic heterocycles. The van der Waals surface area contributed by atoms with Crippen molar-refractivity contribution in [3.8, 4) is 11.5 Å². The van der Waals surface area contributed by atoms with E-state index in [1.165, 1.54) is 26.4 Å². The van der Waals surface area contributed by atoms with Gasteiger partial charge in [0, 0.05) is 12.5 Å². The second kappa shape index (κ2) is 9.69. The van der Waals surface area contributed by atoms with Gasteiger partial charge in [-0.3, -0.25) is 23.5 Å². The van der Waals surface area contributed by atoms with Crippen LogP contribution in [0, 0.1) is 0 Å². The van der Waals surface area contributed by atoms with Gasteiger partial charge in [-0.2, -0.15) is 0 Å². The summed E-state index contributed by atoms with van der Waals surface area (Å²) in [5.74, 6) is -0.136. The SMILES string of the molecule is CCC(=O)Cn1c(=O)c2ccccc2n(CC(=O)Nc2cc(Cl)c(OC)cc2OC)c1=O. The number of rotatable bonds is 8. The maximum Gasteiger partial charge on any atom is 0.332 e. The van der Waals surface area contributed by atoms with Crippen LogP contribution in [0.3, 0.4) is 0 Å². The van der Waals surface area contributed by atoms with Crippen molar-refractivity contribution in [3.63, 3.8) is 0 Å². The van der Waals surface area contributed by atoms with Gasteiger partial charge in [-0.05, 0) is 18.2 Å². The number of ketones is 1. The van der Waals surface area contributed by atoms with Crippen LogP contribution in [0.2, 0.25) is 5.02 Å². The molecule has 3 aromatic rings. The van der Waals surface area contributed by atoms with Crippen LogP contribution in [-0.2, 0) is 22.7 Å². The highest BCUT2D eigenvalue weighted by Crippen LogP contribution is 2.35. The molecule has 32 heavy (non-hydrogen) atoms. The van der Waals surface area contributed by atoms with Crippen molar-refractivity contribution in [2.45, 2.75) is 26.4 Å². The molecule has 0 saturated heterocycles. The quantitative estimate of drug-likeness (QED) is 0.554. The lowest BCUT2D eigenvalue weighted by Gasteiger charge is -2.15. The Morgan fingerprint density at radius 2 is 1.69 bits per heavy atom. The molecule has 0 atom stereocenters. The molecule has 2 aromatic carbocycles. The second-order valence-corrected chi connectivity index (χ2v) is 7.31. The molecule has 0 fully saturated rings. The van der Waals surface area contributed by atoms with Crippen LogP contribution in [0.1, 0.15) is 13.3 Å². The van der Waals surface area contributed by atoms with E-state index >= 15 is 0 Å². The molecule has 0 radical (unpaired) electrons. The zero-order valence-electron chi connectivity index (χ0n) is 17.8. The van der Waals surface area contributed by atoms with Gasteiger partial charge >= 0.3 is 5.69 Å². The van der Waals surface area contributed by atoms with Crippen LogP contribution in [0.25, 0.3) is 10.9 Å². The van der Waals surface area contributed by atoms with Crippen molar-refractivity contribution in [2.75, 3.05) is 19.5 Å². The lowest BCUT2D eigenvalue weighted by molar-refractivity contribution is -0.119. The van der Waals surface area contributed by atoms with E-state index in [-0.39, 0.29) is 40.4 Å². The average molecular weight is 460 g/mol. The third kappa shape index (κ3) is 4.52. The summed E-state index contributed by atoms with van der Waals surface area (Å²) in [6.45, 7) is 0.892. The van der Waals surface area contributed by atoms with Gasteiger partial charge < -0.3 is 14.8 Å². The normalized spacial score (nSPS) is 10.8. The van der Waals surface area contributed by atoms with E-state index in [4.69, 9.17) is 21.1 Å². The predicted molar refractivity (Wildman–Crippen MR) is 121 cm³/mol. The summed E-state index contributed by atoms with van der Waals surface area (Å²) in [6.07, 6.45) is 0.178. The van der Waals surface area contributed by atoms with E-state index in [2.05, 4.69) is 5.32 Å². The molecule has 1 heterocycles. The highest BCUT2D eigenvalue weighted by Gasteiger charge is 2.18. The van der Waals surface area contributed by atoms with Crippen LogP contribution >= 0.6 is 11.6 Å². The number of amides is 1. The fourth-order valence-electron chi connectivity index (χ4n) is 3.24. The molecular weight excluding hydrogens is 438 g/mol. The minimum absolute atomic E-state index is 0.178. The molecule has 10 heteroatoms. The molecule has 1 amide bonds. The number of hydrogen-bond acceptors (Lipinski definition) is 6. The number of para-hydroxylation sites is 1. The van der Waals surface area contributed by atoms with Gasteiger partial charge in [0.2, 0.25) is 5.91 Å². The van der Waals surface area contributed by atoms with Crippen LogP contribution in [0.4, 0.5) is 5.69 Å². The van der Waals surface area contributed by atoms with Crippen LogP contribution in [0.5, 0.6) is 11.5 Å². The topological polar surface area (TPSA) is 109 Å². The van der Waals surface area contributed by atoms with Crippen LogP contribution < -0.4 is 26.0 Å². The number of Topliss-reactive ketones (excluding diaryl/α,β-unsaturated/α-hetero) is 1. The number of aromatic nitrogens is 2. The summed E-state index contributed by atoms with van der Waals surface area (Å²) in [6, 6.07) is 9.42. The predicted octanol–water partition coefficient (Wildman–Crippen LogP) is 2.45. The fourth-order valence-corrected chi connectivity index (χ4v) is 3.48. The monoisotopic (exact) mass is 459 g/mol. The Labute approximate surface area is 188 Å². The Balaban J connectivity index is 2.03. The lowest BCUT2D eigenvalue weighted by atomic mass is 10.2. The number of nitrogens with one attached hydrogen (secondary N) is 1. The summed E-state index contributed by atoms with van der Waals surface area (Å²) >= 11 is 6.15. The molecule has 0 spiro atoms. The third-order valence-corrected chi connectivity index (χ3v) is 5.21. The number of nitrogens with zero attached hydrogens (tertiary/aromatic N) is 2. The first-order valence-electron chi connectivity index (χ1n) is 9.76. The van der Waals surface area contributed by atoms with Crippen molar-refractivity contribution >= 4 is 39.9 Å². The van der Waals surface area contributed by atoms with Gasteiger partial charge in [-0.25, -0.2) is 4.79 Å². The van der Waals surface area contributed by atoms with Crippen molar-refractivity contribution in [2.24, 2.45) is 0 Å². The van der Waals surface area contributed by atoms with Gasteiger partial charge in [0.25, 0.3) is 5.56 Å². The Kier molecular flexibility index (Phi) is 6.99. The number of halogens is 1. The van der Waals surface area contributed by atoms with Crippen molar-refractivity contribution < 1.29 is 19.1 Å². The second-order valence-electron chi connectivity index (χ2n) is 6.90. The van der Waals surface area contributed by atoms with Crippen molar-refractivity contribution in [1.29, 1.82) is 0 Å². The molecule has 0 aliphatic carbocycles. The molecule has 0 bridgehead atoms. The number of carbonyl (C=O) groups excluding carboxylic acids is 2. The highest BCUT2D eigenvalue weighted by atomic mass is 35.5. The minimum atomic E-state index is -0.745. The minimum Gasteiger partial charge on any atom is -0.495 e. The van der Waals surface area contributed by atoms with E-state index in [0.29, 0.717) is 11.5 Å². The molecule has 3 rings (SSSR count). The van der Waals surface area contributed by atoms with Crippen LogP contribution in [0.15, 0.2) is 46.0 Å². The summed E-state index contributed by atoms with van der Waals surface area (Å²) < 4.78 is 12.4. The van der Waals surface area contributed by atoms with E-state index < -0.39 is 23.7 Å². The molecule has 9 nitrogen and oxygen atoms in total. The smallest absolute Gasteiger partial charge is 0.332 e. The zero-order valence-corrected chi connectivity index (χ0v) is 18.6. The molecule has 0 saturated carbocycles. The van der Waals surface area contributed by atoms with E-state index in [1.807, 2.05) is 0 Å². The van der Waals surface area contributed by atoms with Gasteiger partial charge in [0.1, 0.15) is 18.0 Å². The van der Waals surface area contributed by atoms with Crippen LogP contribution in [-0.4, -0.2) is 35.0 Å².